The van der Waals surface area contributed by atoms with Crippen LogP contribution in [-0.4, -0.2) is 215 Å². The second-order valence-corrected chi connectivity index (χ2v) is 35.9. The minimum Gasteiger partial charge on any atom is -0.496 e. The maximum atomic E-state index is 13.8. The summed E-state index contributed by atoms with van der Waals surface area (Å²) in [4.78, 5) is 54.2. The summed E-state index contributed by atoms with van der Waals surface area (Å²) in [6, 6.07) is 57.8. The molecule has 26 heteroatoms. The van der Waals surface area contributed by atoms with E-state index in [1.54, 1.807) is 19.2 Å². The van der Waals surface area contributed by atoms with Crippen LogP contribution in [-0.2, 0) is 31.6 Å². The summed E-state index contributed by atoms with van der Waals surface area (Å²) >= 11 is 0. The van der Waals surface area contributed by atoms with Crippen LogP contribution in [0.1, 0.15) is 183 Å². The van der Waals surface area contributed by atoms with Gasteiger partial charge in [-0.2, -0.15) is 26.3 Å². The standard InChI is InChI=1S/C28H38F3N3O.C28H35F2N3O2.C26H32F4N4O.C21H29N3/c1-35-27-10-6-5-7-23(27)15-16-32-21-26(22-11-13-24(14-12-22)28(29,30)31)34-19-17-33(18-20-34)25-8-3-2-4-9-25;1-19(34)25-16-24(12-13-26(25)30)31-28(35)32-27-7-3-2-6-22(27)18-33-14-4-5-21(17-33)15-20-8-10-23(29)11-9-20;27-21-10-12-22(13-11-21)32-25(35)31-18-24(19-6-8-20(9-7-19)26(28,29)30)34-16-14-33(15-17-34)23-4-2-1-3-5-23;1-23-14-16-24(17-15-23)21(20-10-6-3-7-11-20)18-22-13-12-19-8-4-2-5-9-19/h5-7,10-14,25-26,32H,2-4,8-9,15-21H2,1H3;8-13,16,21-22,27H,2-7,14-15,17-18H2,1H3,(H2,31,32,35);6-13,23-24H,1-5,14-18H2,(H2,31,32,35);2-11,21-22H,12-18H2,1H3/t;21-,22-,27+;;/m.0../s1. The molecule has 17 nitrogen and oxygen atoms in total. The van der Waals surface area contributed by atoms with E-state index >= 15 is 0 Å². The Labute approximate surface area is 758 Å². The summed E-state index contributed by atoms with van der Waals surface area (Å²) in [6.07, 6.45) is 13.7. The molecule has 8 aromatic rings. The molecule has 0 bridgehead atoms. The van der Waals surface area contributed by atoms with Crippen molar-refractivity contribution < 1.29 is 58.6 Å². The van der Waals surface area contributed by atoms with Gasteiger partial charge in [0.25, 0.3) is 0 Å². The van der Waals surface area contributed by atoms with Crippen LogP contribution in [0, 0.1) is 29.3 Å². The first-order chi connectivity index (χ1) is 62.4. The number of anilines is 2. The summed E-state index contributed by atoms with van der Waals surface area (Å²) in [7, 11) is 3.90. The zero-order valence-corrected chi connectivity index (χ0v) is 75.4. The van der Waals surface area contributed by atoms with Crippen molar-refractivity contribution in [3.63, 3.8) is 0 Å². The molecule has 4 amide bonds. The quantitative estimate of drug-likeness (QED) is 0.0150. The topological polar surface area (TPSA) is 155 Å². The van der Waals surface area contributed by atoms with Crippen LogP contribution in [0.2, 0.25) is 0 Å². The number of nitrogens with one attached hydrogen (secondary N) is 6. The van der Waals surface area contributed by atoms with Gasteiger partial charge in [-0.15, -0.1) is 0 Å². The number of Topliss-reactive ketones (excluding diaryl/α,β-unsaturated/α-hetero) is 1. The monoisotopic (exact) mass is 1790 g/mol. The summed E-state index contributed by atoms with van der Waals surface area (Å²) in [6.45, 7) is 20.0. The number of urea groups is 2. The van der Waals surface area contributed by atoms with Gasteiger partial charge in [0.15, 0.2) is 5.78 Å². The number of ketones is 1. The summed E-state index contributed by atoms with van der Waals surface area (Å²) < 4.78 is 124. The molecular weight excluding hydrogens is 1650 g/mol. The smallest absolute Gasteiger partial charge is 0.416 e. The predicted molar refractivity (Wildman–Crippen MR) is 496 cm³/mol. The number of benzene rings is 8. The molecule has 129 heavy (non-hydrogen) atoms. The molecule has 0 aromatic heterocycles. The van der Waals surface area contributed by atoms with Crippen molar-refractivity contribution in [2.75, 3.05) is 156 Å². The number of para-hydroxylation sites is 1. The number of carbonyl (C=O) groups is 3. The maximum absolute atomic E-state index is 13.8. The third-order valence-electron chi connectivity index (χ3n) is 27.0. The van der Waals surface area contributed by atoms with Gasteiger partial charge in [0, 0.05) is 153 Å². The van der Waals surface area contributed by atoms with E-state index in [1.807, 2.05) is 30.3 Å². The first-order valence-corrected chi connectivity index (χ1v) is 47.0. The van der Waals surface area contributed by atoms with Crippen LogP contribution < -0.4 is 36.6 Å². The van der Waals surface area contributed by atoms with Crippen LogP contribution >= 0.6 is 0 Å². The number of piperazine rings is 3. The molecule has 7 aliphatic rings. The summed E-state index contributed by atoms with van der Waals surface area (Å²) in [5.74, 6) is 0.255. The van der Waals surface area contributed by atoms with Crippen LogP contribution in [0.25, 0.3) is 0 Å². The first-order valence-electron chi connectivity index (χ1n) is 47.0. The highest BCUT2D eigenvalue weighted by Gasteiger charge is 2.37. The van der Waals surface area contributed by atoms with Crippen molar-refractivity contribution in [1.82, 2.24) is 55.6 Å². The molecule has 15 rings (SSSR count). The zero-order valence-electron chi connectivity index (χ0n) is 75.4. The molecule has 698 valence electrons. The van der Waals surface area contributed by atoms with Gasteiger partial charge in [0.2, 0.25) is 0 Å². The minimum atomic E-state index is -4.40. The molecule has 3 aliphatic carbocycles. The Morgan fingerprint density at radius 2 is 0.922 bits per heavy atom. The van der Waals surface area contributed by atoms with Crippen molar-refractivity contribution >= 4 is 29.2 Å². The van der Waals surface area contributed by atoms with Gasteiger partial charge >= 0.3 is 24.4 Å². The van der Waals surface area contributed by atoms with Gasteiger partial charge < -0.3 is 46.4 Å². The number of hydrogen-bond donors (Lipinski definition) is 6. The molecule has 4 saturated heterocycles. The molecule has 4 heterocycles. The lowest BCUT2D eigenvalue weighted by atomic mass is 9.83. The molecule has 6 atom stereocenters. The number of likely N-dealkylation sites (tertiary alicyclic amines) is 1. The molecule has 8 aromatic carbocycles. The largest absolute Gasteiger partial charge is 0.496 e. The van der Waals surface area contributed by atoms with Crippen LogP contribution in [0.3, 0.4) is 0 Å². The number of rotatable bonds is 29. The molecule has 0 radical (unpaired) electrons. The van der Waals surface area contributed by atoms with E-state index in [2.05, 4.69) is 140 Å². The lowest BCUT2D eigenvalue weighted by Crippen LogP contribution is -2.53. The van der Waals surface area contributed by atoms with Crippen LogP contribution in [0.5, 0.6) is 5.75 Å². The van der Waals surface area contributed by atoms with Crippen molar-refractivity contribution in [2.45, 2.75) is 178 Å². The number of alkyl halides is 6. The summed E-state index contributed by atoms with van der Waals surface area (Å²) in [5.41, 5.74) is 6.37. The molecular formula is C103H134F9N13O4. The van der Waals surface area contributed by atoms with E-state index in [9.17, 15) is 53.9 Å². The van der Waals surface area contributed by atoms with Gasteiger partial charge in [0.1, 0.15) is 23.2 Å². The number of carbonyl (C=O) groups excluding carboxylic acids is 3. The first kappa shape index (κ1) is 98.8. The Bertz CT molecular complexity index is 4620. The second-order valence-electron chi connectivity index (χ2n) is 35.9. The number of nitrogens with zero attached hydrogens (tertiary/aromatic N) is 7. The van der Waals surface area contributed by atoms with E-state index in [-0.39, 0.29) is 47.9 Å². The Balaban J connectivity index is 0.000000157. The van der Waals surface area contributed by atoms with E-state index in [1.165, 1.54) is 173 Å². The molecule has 3 saturated carbocycles. The van der Waals surface area contributed by atoms with Crippen molar-refractivity contribution in [1.29, 1.82) is 0 Å². The zero-order chi connectivity index (χ0) is 90.9. The predicted octanol–water partition coefficient (Wildman–Crippen LogP) is 19.8. The third-order valence-corrected chi connectivity index (χ3v) is 27.0. The van der Waals surface area contributed by atoms with Crippen LogP contribution in [0.15, 0.2) is 200 Å². The van der Waals surface area contributed by atoms with Crippen LogP contribution in [0.4, 0.5) is 60.5 Å². The number of halogens is 9. The normalized spacial score (nSPS) is 20.1. The van der Waals surface area contributed by atoms with Gasteiger partial charge in [-0.05, 0) is 234 Å². The summed E-state index contributed by atoms with van der Waals surface area (Å²) in [5, 5.41) is 18.7. The Hall–Kier alpha value is -9.22. The molecule has 7 fully saturated rings. The number of amides is 4. The second kappa shape index (κ2) is 50.4. The number of methoxy groups -OCH3 is 1. The lowest BCUT2D eigenvalue weighted by molar-refractivity contribution is -0.138. The fraction of sp³-hybridized carbons (Fsp3) is 0.505. The molecule has 4 aliphatic heterocycles. The molecule has 3 unspecified atom stereocenters. The average molecular weight is 1790 g/mol. The van der Waals surface area contributed by atoms with E-state index < -0.39 is 41.1 Å². The van der Waals surface area contributed by atoms with E-state index in [4.69, 9.17) is 4.74 Å². The maximum Gasteiger partial charge on any atom is 0.416 e. The van der Waals surface area contributed by atoms with E-state index in [0.717, 1.165) is 204 Å². The van der Waals surface area contributed by atoms with Gasteiger partial charge in [-0.1, -0.05) is 167 Å². The van der Waals surface area contributed by atoms with Crippen molar-refractivity contribution in [2.24, 2.45) is 11.8 Å². The van der Waals surface area contributed by atoms with Crippen molar-refractivity contribution in [3.8, 4) is 5.75 Å². The molecule has 6 N–H and O–H groups in total. The van der Waals surface area contributed by atoms with Gasteiger partial charge in [-0.3, -0.25) is 29.3 Å². The Kier molecular flexibility index (Phi) is 38.6. The average Bonchev–Trinajstić information content (AvgIpc) is 0.811. The number of likely N-dealkylation sites (N-methyl/N-ethyl adjacent to an activating group) is 1. The van der Waals surface area contributed by atoms with Gasteiger partial charge in [0.05, 0.1) is 29.8 Å². The fourth-order valence-electron chi connectivity index (χ4n) is 19.7. The highest BCUT2D eigenvalue weighted by molar-refractivity contribution is 5.97. The Morgan fingerprint density at radius 3 is 1.47 bits per heavy atom. The third kappa shape index (κ3) is 31.5. The highest BCUT2D eigenvalue weighted by Crippen LogP contribution is 2.37. The van der Waals surface area contributed by atoms with Gasteiger partial charge in [-0.25, -0.2) is 22.8 Å². The SMILES string of the molecule is CC(=O)c1cc(NC(=O)N[C@@H]2CCCC[C@H]2CN2CCC[C@@H](Cc3ccc(F)cc3)C2)ccc1F.CN1CCN(C(CNCCc2ccccc2)c2ccccc2)CC1.COc1ccccc1CCNCC(c1ccc(C(F)(F)F)cc1)N1CCN(C2CCCCC2)CC1.O=C(NCC(c1ccc(C(F)(F)F)cc1)N1CCN(C2CCCCC2)CC1)Nc1ccc(F)cc1. The lowest BCUT2D eigenvalue weighted by Gasteiger charge is -2.43. The minimum absolute atomic E-state index is 0.0290. The number of hydrogen-bond acceptors (Lipinski definition) is 13. The fourth-order valence-corrected chi connectivity index (χ4v) is 19.7. The molecule has 0 spiro atoms. The van der Waals surface area contributed by atoms with E-state index in [0.29, 0.717) is 47.9 Å². The van der Waals surface area contributed by atoms with Crippen molar-refractivity contribution in [3.05, 3.63) is 268 Å². The Morgan fingerprint density at radius 1 is 0.450 bits per heavy atom. The highest BCUT2D eigenvalue weighted by atomic mass is 19.4. The number of ether oxygens (including phenoxy) is 1. The number of piperidine rings is 1.